The van der Waals surface area contributed by atoms with Crippen LogP contribution in [-0.4, -0.2) is 7.11 Å². The van der Waals surface area contributed by atoms with Crippen molar-refractivity contribution in [2.45, 2.75) is 26.7 Å². The van der Waals surface area contributed by atoms with Crippen molar-refractivity contribution in [2.75, 3.05) is 7.11 Å². The summed E-state index contributed by atoms with van der Waals surface area (Å²) in [6.07, 6.45) is 2.02. The largest absolute Gasteiger partial charge is 0.497 e. The van der Waals surface area contributed by atoms with Gasteiger partial charge in [0.15, 0.2) is 0 Å². The van der Waals surface area contributed by atoms with E-state index < -0.39 is 0 Å². The van der Waals surface area contributed by atoms with Crippen LogP contribution >= 0.6 is 0 Å². The van der Waals surface area contributed by atoms with Gasteiger partial charge < -0.3 is 4.74 Å². The van der Waals surface area contributed by atoms with Gasteiger partial charge in [0.2, 0.25) is 0 Å². The molecule has 2 heteroatoms. The van der Waals surface area contributed by atoms with E-state index in [9.17, 15) is 4.39 Å². The second kappa shape index (κ2) is 4.99. The van der Waals surface area contributed by atoms with Crippen LogP contribution in [0.3, 0.4) is 0 Å². The maximum atomic E-state index is 13.1. The predicted octanol–water partition coefficient (Wildman–Crippen LogP) is 3.42. The van der Waals surface area contributed by atoms with E-state index in [-0.39, 0.29) is 5.82 Å². The molecule has 0 aliphatic rings. The summed E-state index contributed by atoms with van der Waals surface area (Å²) in [6.45, 7) is 4.30. The van der Waals surface area contributed by atoms with Crippen LogP contribution in [0.4, 0.5) is 4.39 Å². The van der Waals surface area contributed by atoms with Gasteiger partial charge in [-0.2, -0.15) is 0 Å². The zero-order valence-electron chi connectivity index (χ0n) is 9.01. The Hall–Kier alpha value is -1.05. The van der Waals surface area contributed by atoms with E-state index in [4.69, 9.17) is 4.74 Å². The molecule has 0 amide bonds. The van der Waals surface area contributed by atoms with Gasteiger partial charge in [-0.25, -0.2) is 4.39 Å². The lowest BCUT2D eigenvalue weighted by Gasteiger charge is -2.09. The quantitative estimate of drug-likeness (QED) is 0.717. The smallest absolute Gasteiger partial charge is 0.127 e. The minimum Gasteiger partial charge on any atom is -0.497 e. The Morgan fingerprint density at radius 1 is 1.36 bits per heavy atom. The molecule has 0 aliphatic carbocycles. The molecule has 1 aromatic rings. The van der Waals surface area contributed by atoms with E-state index in [0.29, 0.717) is 11.7 Å². The number of ether oxygens (including phenoxy) is 1. The normalized spacial score (nSPS) is 12.6. The molecule has 1 atom stereocenters. The number of hydrogen-bond acceptors (Lipinski definition) is 1. The van der Waals surface area contributed by atoms with Crippen molar-refractivity contribution >= 4 is 0 Å². The van der Waals surface area contributed by atoms with Gasteiger partial charge in [-0.15, -0.1) is 0 Å². The van der Waals surface area contributed by atoms with E-state index in [1.54, 1.807) is 13.2 Å². The summed E-state index contributed by atoms with van der Waals surface area (Å²) in [5, 5.41) is 0. The summed E-state index contributed by atoms with van der Waals surface area (Å²) in [5.41, 5.74) is 1.01. The van der Waals surface area contributed by atoms with Gasteiger partial charge in [0, 0.05) is 6.07 Å². The van der Waals surface area contributed by atoms with Crippen LogP contribution in [0.1, 0.15) is 25.8 Å². The molecule has 0 heterocycles. The van der Waals surface area contributed by atoms with Crippen molar-refractivity contribution < 1.29 is 9.13 Å². The lowest BCUT2D eigenvalue weighted by Crippen LogP contribution is -1.98. The Bertz CT molecular complexity index is 296. The Morgan fingerprint density at radius 2 is 2.07 bits per heavy atom. The van der Waals surface area contributed by atoms with E-state index in [0.717, 1.165) is 18.4 Å². The lowest BCUT2D eigenvalue weighted by molar-refractivity contribution is 0.410. The molecule has 14 heavy (non-hydrogen) atoms. The maximum absolute atomic E-state index is 13.1. The molecule has 1 nitrogen and oxygen atoms in total. The van der Waals surface area contributed by atoms with Crippen LogP contribution in [0.25, 0.3) is 0 Å². The average Bonchev–Trinajstić information content (AvgIpc) is 2.16. The topological polar surface area (TPSA) is 9.23 Å². The predicted molar refractivity (Wildman–Crippen MR) is 56.1 cm³/mol. The van der Waals surface area contributed by atoms with Gasteiger partial charge in [-0.05, 0) is 30.0 Å². The average molecular weight is 196 g/mol. The second-order valence-electron chi connectivity index (χ2n) is 3.72. The number of hydrogen-bond donors (Lipinski definition) is 0. The summed E-state index contributed by atoms with van der Waals surface area (Å²) in [4.78, 5) is 0. The summed E-state index contributed by atoms with van der Waals surface area (Å²) < 4.78 is 18.1. The molecule has 0 aliphatic heterocycles. The first-order valence-electron chi connectivity index (χ1n) is 4.99. The highest BCUT2D eigenvalue weighted by atomic mass is 19.1. The molecule has 1 unspecified atom stereocenters. The number of halogens is 1. The summed E-state index contributed by atoms with van der Waals surface area (Å²) in [6, 6.07) is 4.88. The minimum absolute atomic E-state index is 0.220. The molecule has 1 aromatic carbocycles. The van der Waals surface area contributed by atoms with Crippen molar-refractivity contribution in [2.24, 2.45) is 5.92 Å². The summed E-state index contributed by atoms with van der Waals surface area (Å²) >= 11 is 0. The minimum atomic E-state index is -0.220. The zero-order valence-corrected chi connectivity index (χ0v) is 9.01. The van der Waals surface area contributed by atoms with Crippen LogP contribution in [0.15, 0.2) is 18.2 Å². The fourth-order valence-electron chi connectivity index (χ4n) is 1.40. The van der Waals surface area contributed by atoms with Gasteiger partial charge in [-0.3, -0.25) is 0 Å². The Balaban J connectivity index is 2.81. The molecule has 0 fully saturated rings. The molecule has 0 bridgehead atoms. The standard InChI is InChI=1S/C12H17FO/c1-4-9(2)5-10-6-11(13)8-12(7-10)14-3/h6-9H,4-5H2,1-3H3. The SMILES string of the molecule is CCC(C)Cc1cc(F)cc(OC)c1. The molecule has 0 radical (unpaired) electrons. The number of benzene rings is 1. The monoisotopic (exact) mass is 196 g/mol. The van der Waals surface area contributed by atoms with Crippen LogP contribution in [-0.2, 0) is 6.42 Å². The van der Waals surface area contributed by atoms with E-state index >= 15 is 0 Å². The molecule has 0 N–H and O–H groups in total. The summed E-state index contributed by atoms with van der Waals surface area (Å²) in [5.74, 6) is 0.965. The maximum Gasteiger partial charge on any atom is 0.127 e. The van der Waals surface area contributed by atoms with E-state index in [1.165, 1.54) is 6.07 Å². The van der Waals surface area contributed by atoms with Gasteiger partial charge in [0.05, 0.1) is 7.11 Å². The highest BCUT2D eigenvalue weighted by molar-refractivity contribution is 5.29. The molecule has 78 valence electrons. The number of methoxy groups -OCH3 is 1. The van der Waals surface area contributed by atoms with Crippen molar-refractivity contribution in [1.82, 2.24) is 0 Å². The van der Waals surface area contributed by atoms with Crippen LogP contribution in [0.2, 0.25) is 0 Å². The molecular formula is C12H17FO. The summed E-state index contributed by atoms with van der Waals surface area (Å²) in [7, 11) is 1.56. The van der Waals surface area contributed by atoms with Crippen LogP contribution in [0.5, 0.6) is 5.75 Å². The van der Waals surface area contributed by atoms with E-state index in [2.05, 4.69) is 13.8 Å². The highest BCUT2D eigenvalue weighted by Crippen LogP contribution is 2.19. The number of rotatable bonds is 4. The molecule has 1 rings (SSSR count). The molecule has 0 spiro atoms. The van der Waals surface area contributed by atoms with Crippen LogP contribution < -0.4 is 4.74 Å². The molecule has 0 saturated carbocycles. The third kappa shape index (κ3) is 3.02. The fraction of sp³-hybridized carbons (Fsp3) is 0.500. The van der Waals surface area contributed by atoms with Gasteiger partial charge >= 0.3 is 0 Å². The van der Waals surface area contributed by atoms with Crippen molar-refractivity contribution in [3.8, 4) is 5.75 Å². The van der Waals surface area contributed by atoms with Crippen molar-refractivity contribution in [3.63, 3.8) is 0 Å². The third-order valence-corrected chi connectivity index (χ3v) is 2.45. The zero-order chi connectivity index (χ0) is 10.6. The first-order chi connectivity index (χ1) is 6.65. The Labute approximate surface area is 84.9 Å². The van der Waals surface area contributed by atoms with E-state index in [1.807, 2.05) is 6.07 Å². The van der Waals surface area contributed by atoms with Gasteiger partial charge in [0.1, 0.15) is 11.6 Å². The fourth-order valence-corrected chi connectivity index (χ4v) is 1.40. The molecule has 0 aromatic heterocycles. The lowest BCUT2D eigenvalue weighted by atomic mass is 9.99. The van der Waals surface area contributed by atoms with Crippen molar-refractivity contribution in [1.29, 1.82) is 0 Å². The molecular weight excluding hydrogens is 179 g/mol. The van der Waals surface area contributed by atoms with Crippen molar-refractivity contribution in [3.05, 3.63) is 29.6 Å². The first kappa shape index (κ1) is 11.0. The highest BCUT2D eigenvalue weighted by Gasteiger charge is 2.04. The first-order valence-corrected chi connectivity index (χ1v) is 4.99. The Morgan fingerprint density at radius 3 is 2.64 bits per heavy atom. The van der Waals surface area contributed by atoms with Crippen LogP contribution in [0, 0.1) is 11.7 Å². The molecule has 0 saturated heterocycles. The third-order valence-electron chi connectivity index (χ3n) is 2.45. The van der Waals surface area contributed by atoms with Gasteiger partial charge in [-0.1, -0.05) is 20.3 Å². The Kier molecular flexibility index (Phi) is 3.93. The second-order valence-corrected chi connectivity index (χ2v) is 3.72. The van der Waals surface area contributed by atoms with Gasteiger partial charge in [0.25, 0.3) is 0 Å².